The Labute approximate surface area is 76.7 Å². The Morgan fingerprint density at radius 1 is 1.62 bits per heavy atom. The summed E-state index contributed by atoms with van der Waals surface area (Å²) in [5.74, 6) is 0.769. The van der Waals surface area contributed by atoms with E-state index in [2.05, 4.69) is 4.98 Å². The van der Waals surface area contributed by atoms with Crippen molar-refractivity contribution in [1.82, 2.24) is 4.98 Å². The number of pyridine rings is 1. The van der Waals surface area contributed by atoms with Gasteiger partial charge >= 0.3 is 0 Å². The van der Waals surface area contributed by atoms with Crippen LogP contribution in [-0.2, 0) is 0 Å². The normalized spacial score (nSPS) is 15.5. The average Bonchev–Trinajstić information content (AvgIpc) is 2.89. The van der Waals surface area contributed by atoms with Crippen molar-refractivity contribution in [2.45, 2.75) is 25.9 Å². The molecule has 0 aromatic carbocycles. The molecule has 0 saturated heterocycles. The maximum absolute atomic E-state index is 10.5. The minimum Gasteiger partial charge on any atom is -0.489 e. The van der Waals surface area contributed by atoms with Gasteiger partial charge < -0.3 is 4.74 Å². The molecule has 1 aromatic heterocycles. The Morgan fingerprint density at radius 3 is 2.92 bits per heavy atom. The van der Waals surface area contributed by atoms with E-state index in [0.29, 0.717) is 11.8 Å². The van der Waals surface area contributed by atoms with Crippen LogP contribution < -0.4 is 4.74 Å². The number of aryl methyl sites for hydroxylation is 1. The molecule has 3 heteroatoms. The summed E-state index contributed by atoms with van der Waals surface area (Å²) in [6.45, 7) is 1.86. The first kappa shape index (κ1) is 8.23. The number of rotatable bonds is 3. The van der Waals surface area contributed by atoms with Crippen LogP contribution >= 0.6 is 0 Å². The van der Waals surface area contributed by atoms with Crippen molar-refractivity contribution in [1.29, 1.82) is 0 Å². The fourth-order valence-electron chi connectivity index (χ4n) is 1.13. The lowest BCUT2D eigenvalue weighted by molar-refractivity contribution is 0.111. The first-order valence-corrected chi connectivity index (χ1v) is 4.38. The van der Waals surface area contributed by atoms with Crippen LogP contribution in [0.5, 0.6) is 5.75 Å². The quantitative estimate of drug-likeness (QED) is 0.660. The third kappa shape index (κ3) is 1.86. The summed E-state index contributed by atoms with van der Waals surface area (Å²) in [6, 6.07) is 1.86. The molecule has 0 aliphatic heterocycles. The average molecular weight is 177 g/mol. The third-order valence-corrected chi connectivity index (χ3v) is 2.03. The second-order valence-electron chi connectivity index (χ2n) is 3.31. The van der Waals surface area contributed by atoms with Crippen LogP contribution in [0.15, 0.2) is 12.3 Å². The molecular formula is C10H11NO2. The van der Waals surface area contributed by atoms with Crippen molar-refractivity contribution in [3.63, 3.8) is 0 Å². The molecule has 2 rings (SSSR count). The van der Waals surface area contributed by atoms with Crippen molar-refractivity contribution in [3.8, 4) is 5.75 Å². The van der Waals surface area contributed by atoms with Crippen molar-refractivity contribution in [2.75, 3.05) is 0 Å². The van der Waals surface area contributed by atoms with E-state index in [4.69, 9.17) is 4.74 Å². The van der Waals surface area contributed by atoms with E-state index in [1.807, 2.05) is 13.0 Å². The van der Waals surface area contributed by atoms with Gasteiger partial charge in [0.15, 0.2) is 6.29 Å². The first-order valence-electron chi connectivity index (χ1n) is 4.38. The molecule has 0 bridgehead atoms. The van der Waals surface area contributed by atoms with Gasteiger partial charge in [-0.15, -0.1) is 0 Å². The van der Waals surface area contributed by atoms with Crippen molar-refractivity contribution < 1.29 is 9.53 Å². The predicted molar refractivity (Wildman–Crippen MR) is 48.0 cm³/mol. The Bertz CT molecular complexity index is 332. The second kappa shape index (κ2) is 3.17. The third-order valence-electron chi connectivity index (χ3n) is 2.03. The largest absolute Gasteiger partial charge is 0.489 e. The molecule has 0 N–H and O–H groups in total. The van der Waals surface area contributed by atoms with Gasteiger partial charge in [-0.25, -0.2) is 4.98 Å². The Morgan fingerprint density at radius 2 is 2.38 bits per heavy atom. The van der Waals surface area contributed by atoms with E-state index < -0.39 is 0 Å². The van der Waals surface area contributed by atoms with Crippen LogP contribution in [0.2, 0.25) is 0 Å². The Balaban J connectivity index is 2.18. The van der Waals surface area contributed by atoms with Gasteiger partial charge in [0.1, 0.15) is 11.4 Å². The Hall–Kier alpha value is -1.38. The fraction of sp³-hybridized carbons (Fsp3) is 0.400. The fourth-order valence-corrected chi connectivity index (χ4v) is 1.13. The summed E-state index contributed by atoms with van der Waals surface area (Å²) >= 11 is 0. The zero-order valence-corrected chi connectivity index (χ0v) is 7.49. The van der Waals surface area contributed by atoms with E-state index in [1.54, 1.807) is 6.20 Å². The van der Waals surface area contributed by atoms with Crippen LogP contribution in [0.4, 0.5) is 0 Å². The van der Waals surface area contributed by atoms with Gasteiger partial charge in [0, 0.05) is 0 Å². The zero-order valence-electron chi connectivity index (χ0n) is 7.49. The first-order chi connectivity index (χ1) is 6.29. The number of aldehydes is 1. The molecule has 1 fully saturated rings. The molecule has 3 nitrogen and oxygen atoms in total. The summed E-state index contributed by atoms with van der Waals surface area (Å²) in [7, 11) is 0. The summed E-state index contributed by atoms with van der Waals surface area (Å²) in [5, 5.41) is 0. The number of aromatic nitrogens is 1. The standard InChI is InChI=1S/C10H11NO2/c1-7-4-9(13-8-2-3-8)5-11-10(7)6-12/h4-6,8H,2-3H2,1H3. The maximum Gasteiger partial charge on any atom is 0.168 e. The molecule has 1 aliphatic rings. The van der Waals surface area contributed by atoms with Gasteiger partial charge in [-0.05, 0) is 31.4 Å². The lowest BCUT2D eigenvalue weighted by Gasteiger charge is -2.04. The van der Waals surface area contributed by atoms with Gasteiger partial charge in [-0.2, -0.15) is 0 Å². The van der Waals surface area contributed by atoms with Crippen molar-refractivity contribution >= 4 is 6.29 Å². The molecule has 68 valence electrons. The van der Waals surface area contributed by atoms with Crippen LogP contribution in [0.1, 0.15) is 28.9 Å². The van der Waals surface area contributed by atoms with Gasteiger partial charge in [0.2, 0.25) is 0 Å². The molecule has 0 unspecified atom stereocenters. The van der Waals surface area contributed by atoms with E-state index in [-0.39, 0.29) is 0 Å². The molecule has 0 atom stereocenters. The van der Waals surface area contributed by atoms with E-state index >= 15 is 0 Å². The van der Waals surface area contributed by atoms with Gasteiger partial charge in [-0.1, -0.05) is 0 Å². The summed E-state index contributed by atoms with van der Waals surface area (Å²) in [5.41, 5.74) is 1.36. The van der Waals surface area contributed by atoms with Gasteiger partial charge in [-0.3, -0.25) is 4.79 Å². The van der Waals surface area contributed by atoms with E-state index in [9.17, 15) is 4.79 Å². The van der Waals surface area contributed by atoms with Crippen LogP contribution in [0, 0.1) is 6.92 Å². The number of hydrogen-bond donors (Lipinski definition) is 0. The van der Waals surface area contributed by atoms with Crippen molar-refractivity contribution in [2.24, 2.45) is 0 Å². The molecule has 0 amide bonds. The minimum absolute atomic E-state index is 0.378. The molecule has 0 radical (unpaired) electrons. The topological polar surface area (TPSA) is 39.2 Å². The zero-order chi connectivity index (χ0) is 9.26. The lowest BCUT2D eigenvalue weighted by atomic mass is 10.2. The van der Waals surface area contributed by atoms with Crippen molar-refractivity contribution in [3.05, 3.63) is 23.5 Å². The second-order valence-corrected chi connectivity index (χ2v) is 3.31. The number of carbonyl (C=O) groups is 1. The van der Waals surface area contributed by atoms with E-state index in [0.717, 1.165) is 30.4 Å². The molecule has 13 heavy (non-hydrogen) atoms. The number of nitrogens with zero attached hydrogens (tertiary/aromatic N) is 1. The number of carbonyl (C=O) groups excluding carboxylic acids is 1. The minimum atomic E-state index is 0.378. The molecular weight excluding hydrogens is 166 g/mol. The molecule has 1 saturated carbocycles. The number of ether oxygens (including phenoxy) is 1. The highest BCUT2D eigenvalue weighted by Gasteiger charge is 2.23. The highest BCUT2D eigenvalue weighted by atomic mass is 16.5. The summed E-state index contributed by atoms with van der Waals surface area (Å²) in [4.78, 5) is 14.5. The Kier molecular flexibility index (Phi) is 2.00. The number of hydrogen-bond acceptors (Lipinski definition) is 3. The molecule has 1 aliphatic carbocycles. The maximum atomic E-state index is 10.5. The molecule has 0 spiro atoms. The van der Waals surface area contributed by atoms with Gasteiger partial charge in [0.25, 0.3) is 0 Å². The highest BCUT2D eigenvalue weighted by Crippen LogP contribution is 2.26. The highest BCUT2D eigenvalue weighted by molar-refractivity contribution is 5.74. The summed E-state index contributed by atoms with van der Waals surface area (Å²) < 4.78 is 5.53. The molecule has 1 aromatic rings. The summed E-state index contributed by atoms with van der Waals surface area (Å²) in [6.07, 6.45) is 5.01. The molecule has 1 heterocycles. The van der Waals surface area contributed by atoms with Crippen LogP contribution in [-0.4, -0.2) is 17.4 Å². The van der Waals surface area contributed by atoms with Crippen LogP contribution in [0.25, 0.3) is 0 Å². The van der Waals surface area contributed by atoms with Gasteiger partial charge in [0.05, 0.1) is 12.3 Å². The lowest BCUT2D eigenvalue weighted by Crippen LogP contribution is -1.99. The SMILES string of the molecule is Cc1cc(OC2CC2)cnc1C=O. The van der Waals surface area contributed by atoms with E-state index in [1.165, 1.54) is 0 Å². The van der Waals surface area contributed by atoms with Crippen LogP contribution in [0.3, 0.4) is 0 Å². The monoisotopic (exact) mass is 177 g/mol. The predicted octanol–water partition coefficient (Wildman–Crippen LogP) is 1.74. The smallest absolute Gasteiger partial charge is 0.168 e.